The molecule has 1 N–H and O–H groups in total. The summed E-state index contributed by atoms with van der Waals surface area (Å²) in [5.41, 5.74) is 2.43. The summed E-state index contributed by atoms with van der Waals surface area (Å²) in [5.74, 6) is 0.728. The minimum atomic E-state index is -0.120. The quantitative estimate of drug-likeness (QED) is 0.843. The summed E-state index contributed by atoms with van der Waals surface area (Å²) in [6.45, 7) is 0. The van der Waals surface area contributed by atoms with Crippen molar-refractivity contribution in [2.24, 2.45) is 0 Å². The number of hydrogen-bond acceptors (Lipinski definition) is 1. The zero-order valence-electron chi connectivity index (χ0n) is 11.1. The number of aryl methyl sites for hydroxylation is 1. The molecule has 0 spiro atoms. The Labute approximate surface area is 119 Å². The third kappa shape index (κ3) is 2.38. The van der Waals surface area contributed by atoms with Gasteiger partial charge in [0.2, 0.25) is 5.91 Å². The monoisotopic (exact) mass is 277 g/mol. The molecule has 1 unspecified atom stereocenters. The van der Waals surface area contributed by atoms with Crippen LogP contribution in [0, 0.1) is 0 Å². The van der Waals surface area contributed by atoms with Crippen LogP contribution in [-0.4, -0.2) is 17.3 Å². The molecule has 1 fully saturated rings. The zero-order chi connectivity index (χ0) is 13.3. The Morgan fingerprint density at radius 3 is 2.79 bits per heavy atom. The van der Waals surface area contributed by atoms with Crippen molar-refractivity contribution in [1.82, 2.24) is 5.32 Å². The molecule has 1 amide bonds. The third-order valence-electron chi connectivity index (χ3n) is 4.64. The van der Waals surface area contributed by atoms with Crippen molar-refractivity contribution in [2.45, 2.75) is 50.0 Å². The molecule has 0 radical (unpaired) electrons. The maximum Gasteiger partial charge on any atom is 0.228 e. The second-order valence-corrected chi connectivity index (χ2v) is 6.17. The molecule has 0 aromatic heterocycles. The van der Waals surface area contributed by atoms with E-state index in [9.17, 15) is 4.79 Å². The van der Waals surface area contributed by atoms with Gasteiger partial charge in [-0.1, -0.05) is 24.3 Å². The molecule has 2 nitrogen and oxygen atoms in total. The lowest BCUT2D eigenvalue weighted by Gasteiger charge is -2.42. The molecule has 1 aromatic rings. The zero-order valence-corrected chi connectivity index (χ0v) is 11.9. The van der Waals surface area contributed by atoms with E-state index in [1.807, 2.05) is 6.07 Å². The van der Waals surface area contributed by atoms with E-state index in [0.717, 1.165) is 32.1 Å². The number of rotatable bonds is 3. The highest BCUT2D eigenvalue weighted by Crippen LogP contribution is 2.36. The molecular formula is C16H20ClNO. The first kappa shape index (κ1) is 13.0. The first-order valence-corrected chi connectivity index (χ1v) is 7.73. The van der Waals surface area contributed by atoms with E-state index in [2.05, 4.69) is 23.5 Å². The average Bonchev–Trinajstić information content (AvgIpc) is 2.42. The van der Waals surface area contributed by atoms with E-state index >= 15 is 0 Å². The predicted molar refractivity (Wildman–Crippen MR) is 77.6 cm³/mol. The third-order valence-corrected chi connectivity index (χ3v) is 5.15. The molecule has 2 aliphatic carbocycles. The highest BCUT2D eigenvalue weighted by molar-refractivity contribution is 6.19. The van der Waals surface area contributed by atoms with E-state index in [4.69, 9.17) is 11.6 Å². The summed E-state index contributed by atoms with van der Waals surface area (Å²) in [6.07, 6.45) is 6.38. The van der Waals surface area contributed by atoms with Crippen LogP contribution < -0.4 is 5.32 Å². The number of amides is 1. The van der Waals surface area contributed by atoms with E-state index in [0.29, 0.717) is 5.88 Å². The lowest BCUT2D eigenvalue weighted by molar-refractivity contribution is -0.125. The molecule has 102 valence electrons. The highest BCUT2D eigenvalue weighted by Gasteiger charge is 2.39. The van der Waals surface area contributed by atoms with Crippen LogP contribution in [0.15, 0.2) is 24.3 Å². The van der Waals surface area contributed by atoms with E-state index in [1.165, 1.54) is 17.5 Å². The lowest BCUT2D eigenvalue weighted by Crippen LogP contribution is -2.56. The van der Waals surface area contributed by atoms with Crippen molar-refractivity contribution in [1.29, 1.82) is 0 Å². The van der Waals surface area contributed by atoms with Gasteiger partial charge in [0.1, 0.15) is 0 Å². The summed E-state index contributed by atoms with van der Waals surface area (Å²) in [4.78, 5) is 12.6. The molecular weight excluding hydrogens is 258 g/mol. The number of benzene rings is 1. The van der Waals surface area contributed by atoms with E-state index in [-0.39, 0.29) is 17.4 Å². The van der Waals surface area contributed by atoms with E-state index < -0.39 is 0 Å². The first-order valence-electron chi connectivity index (χ1n) is 7.20. The number of halogens is 1. The maximum absolute atomic E-state index is 12.6. The van der Waals surface area contributed by atoms with Gasteiger partial charge in [-0.2, -0.15) is 0 Å². The van der Waals surface area contributed by atoms with Crippen LogP contribution in [0.1, 0.15) is 49.1 Å². The Morgan fingerprint density at radius 1 is 1.32 bits per heavy atom. The van der Waals surface area contributed by atoms with Crippen molar-refractivity contribution < 1.29 is 4.79 Å². The van der Waals surface area contributed by atoms with Gasteiger partial charge >= 0.3 is 0 Å². The van der Waals surface area contributed by atoms with Gasteiger partial charge in [-0.15, -0.1) is 11.6 Å². The Hall–Kier alpha value is -1.02. The standard InChI is InChI=1S/C16H20ClNO/c17-11-16(9-4-10-16)18-15(19)14-8-3-6-12-5-1-2-7-13(12)14/h1-2,5,7,14H,3-4,6,8-11H2,(H,18,19). The smallest absolute Gasteiger partial charge is 0.228 e. The van der Waals surface area contributed by atoms with Gasteiger partial charge in [0.05, 0.1) is 11.5 Å². The fourth-order valence-electron chi connectivity index (χ4n) is 3.27. The maximum atomic E-state index is 12.6. The van der Waals surface area contributed by atoms with Gasteiger partial charge < -0.3 is 5.32 Å². The van der Waals surface area contributed by atoms with Gasteiger partial charge in [-0.3, -0.25) is 4.79 Å². The largest absolute Gasteiger partial charge is 0.349 e. The summed E-state index contributed by atoms with van der Waals surface area (Å²) >= 11 is 6.03. The molecule has 0 aliphatic heterocycles. The molecule has 1 aromatic carbocycles. The molecule has 0 saturated heterocycles. The Balaban J connectivity index is 1.78. The molecule has 3 rings (SSSR count). The summed E-state index contributed by atoms with van der Waals surface area (Å²) in [6, 6.07) is 8.35. The van der Waals surface area contributed by atoms with Gasteiger partial charge in [0.15, 0.2) is 0 Å². The van der Waals surface area contributed by atoms with Crippen LogP contribution in [0.3, 0.4) is 0 Å². The number of carbonyl (C=O) groups is 1. The van der Waals surface area contributed by atoms with E-state index in [1.54, 1.807) is 0 Å². The fraction of sp³-hybridized carbons (Fsp3) is 0.562. The molecule has 0 bridgehead atoms. The summed E-state index contributed by atoms with van der Waals surface area (Å²) in [7, 11) is 0. The van der Waals surface area contributed by atoms with Crippen LogP contribution in [-0.2, 0) is 11.2 Å². The molecule has 2 aliphatic rings. The van der Waals surface area contributed by atoms with Gasteiger partial charge in [0.25, 0.3) is 0 Å². The van der Waals surface area contributed by atoms with Crippen molar-refractivity contribution >= 4 is 17.5 Å². The molecule has 19 heavy (non-hydrogen) atoms. The van der Waals surface area contributed by atoms with Gasteiger partial charge in [0, 0.05) is 5.88 Å². The Kier molecular flexibility index (Phi) is 3.53. The topological polar surface area (TPSA) is 29.1 Å². The number of alkyl halides is 1. The number of hydrogen-bond donors (Lipinski definition) is 1. The predicted octanol–water partition coefficient (Wildman–Crippen LogP) is 3.38. The normalized spacial score (nSPS) is 24.2. The van der Waals surface area contributed by atoms with Crippen molar-refractivity contribution in [2.75, 3.05) is 5.88 Å². The van der Waals surface area contributed by atoms with Crippen LogP contribution in [0.2, 0.25) is 0 Å². The van der Waals surface area contributed by atoms with Crippen LogP contribution in [0.4, 0.5) is 0 Å². The number of carbonyl (C=O) groups excluding carboxylic acids is 1. The molecule has 0 heterocycles. The van der Waals surface area contributed by atoms with Crippen molar-refractivity contribution in [3.05, 3.63) is 35.4 Å². The van der Waals surface area contributed by atoms with Crippen LogP contribution in [0.25, 0.3) is 0 Å². The lowest BCUT2D eigenvalue weighted by atomic mass is 9.76. The van der Waals surface area contributed by atoms with Crippen molar-refractivity contribution in [3.63, 3.8) is 0 Å². The fourth-order valence-corrected chi connectivity index (χ4v) is 3.60. The summed E-state index contributed by atoms with van der Waals surface area (Å²) < 4.78 is 0. The Morgan fingerprint density at radius 2 is 2.11 bits per heavy atom. The molecule has 1 atom stereocenters. The minimum Gasteiger partial charge on any atom is -0.349 e. The molecule has 1 saturated carbocycles. The van der Waals surface area contributed by atoms with Gasteiger partial charge in [-0.05, 0) is 49.7 Å². The average molecular weight is 278 g/mol. The Bertz CT molecular complexity index is 476. The van der Waals surface area contributed by atoms with Crippen LogP contribution >= 0.6 is 11.6 Å². The number of fused-ring (bicyclic) bond motifs is 1. The van der Waals surface area contributed by atoms with Crippen LogP contribution in [0.5, 0.6) is 0 Å². The number of nitrogens with one attached hydrogen (secondary N) is 1. The second-order valence-electron chi connectivity index (χ2n) is 5.90. The summed E-state index contributed by atoms with van der Waals surface area (Å²) in [5, 5.41) is 3.22. The minimum absolute atomic E-state index is 0.0191. The SMILES string of the molecule is O=C(NC1(CCl)CCC1)C1CCCc2ccccc21. The van der Waals surface area contributed by atoms with Crippen molar-refractivity contribution in [3.8, 4) is 0 Å². The first-order chi connectivity index (χ1) is 9.24. The van der Waals surface area contributed by atoms with Gasteiger partial charge in [-0.25, -0.2) is 0 Å². The highest BCUT2D eigenvalue weighted by atomic mass is 35.5. The second kappa shape index (κ2) is 5.16. The molecule has 3 heteroatoms.